The van der Waals surface area contributed by atoms with Crippen LogP contribution < -0.4 is 0 Å². The lowest BCUT2D eigenvalue weighted by Crippen LogP contribution is -2.01. The van der Waals surface area contributed by atoms with E-state index in [-0.39, 0.29) is 0 Å². The molecule has 0 fully saturated rings. The number of nitrogens with zero attached hydrogens (tertiary/aromatic N) is 1. The summed E-state index contributed by atoms with van der Waals surface area (Å²) in [5, 5.41) is 2.73. The summed E-state index contributed by atoms with van der Waals surface area (Å²) >= 11 is 12.3. The van der Waals surface area contributed by atoms with Gasteiger partial charge in [-0.2, -0.15) is 0 Å². The minimum absolute atomic E-state index is 0.766. The van der Waals surface area contributed by atoms with E-state index in [1.165, 1.54) is 11.2 Å². The van der Waals surface area contributed by atoms with Crippen LogP contribution in [0.25, 0.3) is 10.9 Å². The lowest BCUT2D eigenvalue weighted by Gasteiger charge is -2.10. The van der Waals surface area contributed by atoms with Crippen LogP contribution in [0.2, 0.25) is 10.0 Å². The molecule has 96 valence electrons. The van der Waals surface area contributed by atoms with Crippen LogP contribution >= 0.6 is 23.2 Å². The molecule has 1 aromatic heterocycles. The highest BCUT2D eigenvalue weighted by Crippen LogP contribution is 2.25. The molecule has 3 heteroatoms. The summed E-state index contributed by atoms with van der Waals surface area (Å²) in [6.45, 7) is 2.88. The number of hydrogen-bond donors (Lipinski definition) is 0. The van der Waals surface area contributed by atoms with E-state index in [2.05, 4.69) is 29.7 Å². The first-order valence-electron chi connectivity index (χ1n) is 6.14. The maximum absolute atomic E-state index is 6.24. The van der Waals surface area contributed by atoms with E-state index >= 15 is 0 Å². The topological polar surface area (TPSA) is 4.93 Å². The zero-order chi connectivity index (χ0) is 13.4. The van der Waals surface area contributed by atoms with Gasteiger partial charge in [0.25, 0.3) is 0 Å². The van der Waals surface area contributed by atoms with Crippen LogP contribution in [0.5, 0.6) is 0 Å². The number of benzene rings is 2. The molecule has 1 nitrogen and oxygen atoms in total. The Bertz CT molecular complexity index is 744. The molecule has 0 bridgehead atoms. The van der Waals surface area contributed by atoms with Crippen LogP contribution in [0.4, 0.5) is 0 Å². The fraction of sp³-hybridized carbons (Fsp3) is 0.125. The fourth-order valence-corrected chi connectivity index (χ4v) is 2.76. The van der Waals surface area contributed by atoms with Crippen molar-refractivity contribution in [2.24, 2.45) is 0 Å². The largest absolute Gasteiger partial charge is 0.340 e. The van der Waals surface area contributed by atoms with Crippen LogP contribution in [0.3, 0.4) is 0 Å². The SMILES string of the molecule is Cc1cc2cc(Cl)ccc2n1Cc1ccccc1Cl. The third-order valence-electron chi connectivity index (χ3n) is 3.36. The number of hydrogen-bond acceptors (Lipinski definition) is 0. The zero-order valence-electron chi connectivity index (χ0n) is 10.5. The van der Waals surface area contributed by atoms with E-state index in [1.54, 1.807) is 0 Å². The van der Waals surface area contributed by atoms with E-state index in [0.717, 1.165) is 27.5 Å². The molecule has 0 aliphatic rings. The number of halogens is 2. The molecule has 0 radical (unpaired) electrons. The minimum Gasteiger partial charge on any atom is -0.340 e. The zero-order valence-corrected chi connectivity index (χ0v) is 12.0. The molecule has 19 heavy (non-hydrogen) atoms. The molecule has 0 saturated carbocycles. The van der Waals surface area contributed by atoms with Gasteiger partial charge < -0.3 is 4.57 Å². The monoisotopic (exact) mass is 289 g/mol. The van der Waals surface area contributed by atoms with Crippen molar-refractivity contribution in [3.05, 3.63) is 69.8 Å². The lowest BCUT2D eigenvalue weighted by atomic mass is 10.2. The fourth-order valence-electron chi connectivity index (χ4n) is 2.39. The third kappa shape index (κ3) is 2.36. The van der Waals surface area contributed by atoms with E-state index in [0.29, 0.717) is 0 Å². The van der Waals surface area contributed by atoms with Gasteiger partial charge in [0.15, 0.2) is 0 Å². The molecule has 0 aliphatic heterocycles. The number of aromatic nitrogens is 1. The Morgan fingerprint density at radius 2 is 1.79 bits per heavy atom. The van der Waals surface area contributed by atoms with E-state index in [4.69, 9.17) is 23.2 Å². The van der Waals surface area contributed by atoms with Crippen molar-refractivity contribution < 1.29 is 0 Å². The average Bonchev–Trinajstić information content (AvgIpc) is 2.68. The van der Waals surface area contributed by atoms with E-state index < -0.39 is 0 Å². The van der Waals surface area contributed by atoms with Crippen LogP contribution in [0.1, 0.15) is 11.3 Å². The summed E-state index contributed by atoms with van der Waals surface area (Å²) in [6, 6.07) is 16.1. The maximum Gasteiger partial charge on any atom is 0.0493 e. The van der Waals surface area contributed by atoms with Gasteiger partial charge in [-0.3, -0.25) is 0 Å². The number of aryl methyl sites for hydroxylation is 1. The highest BCUT2D eigenvalue weighted by molar-refractivity contribution is 6.31. The van der Waals surface area contributed by atoms with Gasteiger partial charge in [-0.05, 0) is 42.8 Å². The van der Waals surface area contributed by atoms with Crippen molar-refractivity contribution in [2.75, 3.05) is 0 Å². The second-order valence-corrected chi connectivity index (χ2v) is 5.51. The predicted molar refractivity (Wildman–Crippen MR) is 82.2 cm³/mol. The standard InChI is InChI=1S/C16H13Cl2N/c1-11-8-13-9-14(17)6-7-16(13)19(11)10-12-4-2-3-5-15(12)18/h2-9H,10H2,1H3. The van der Waals surface area contributed by atoms with Crippen molar-refractivity contribution in [3.63, 3.8) is 0 Å². The van der Waals surface area contributed by atoms with E-state index in [1.807, 2.05) is 30.3 Å². The Balaban J connectivity index is 2.10. The molecular formula is C16H13Cl2N. The smallest absolute Gasteiger partial charge is 0.0493 e. The summed E-state index contributed by atoms with van der Waals surface area (Å²) in [4.78, 5) is 0. The molecule has 2 aromatic carbocycles. The van der Waals surface area contributed by atoms with Crippen LogP contribution in [-0.4, -0.2) is 4.57 Å². The van der Waals surface area contributed by atoms with Crippen molar-refractivity contribution in [3.8, 4) is 0 Å². The average molecular weight is 290 g/mol. The Kier molecular flexibility index (Phi) is 3.26. The van der Waals surface area contributed by atoms with E-state index in [9.17, 15) is 0 Å². The van der Waals surface area contributed by atoms with Gasteiger partial charge >= 0.3 is 0 Å². The van der Waals surface area contributed by atoms with Crippen molar-refractivity contribution in [2.45, 2.75) is 13.5 Å². The highest BCUT2D eigenvalue weighted by Gasteiger charge is 2.08. The molecule has 0 amide bonds. The van der Waals surface area contributed by atoms with Crippen LogP contribution in [-0.2, 0) is 6.54 Å². The van der Waals surface area contributed by atoms with Gasteiger partial charge in [0.05, 0.1) is 0 Å². The molecule has 3 aromatic rings. The molecule has 0 N–H and O–H groups in total. The predicted octanol–water partition coefficient (Wildman–Crippen LogP) is 5.30. The lowest BCUT2D eigenvalue weighted by molar-refractivity contribution is 0.805. The van der Waals surface area contributed by atoms with Gasteiger partial charge in [-0.25, -0.2) is 0 Å². The van der Waals surface area contributed by atoms with Gasteiger partial charge in [-0.15, -0.1) is 0 Å². The summed E-state index contributed by atoms with van der Waals surface area (Å²) in [7, 11) is 0. The van der Waals surface area contributed by atoms with Crippen LogP contribution in [0.15, 0.2) is 48.5 Å². The Labute approximate surface area is 122 Å². The van der Waals surface area contributed by atoms with Gasteiger partial charge in [-0.1, -0.05) is 41.4 Å². The Morgan fingerprint density at radius 1 is 1.00 bits per heavy atom. The van der Waals surface area contributed by atoms with Gasteiger partial charge in [0, 0.05) is 33.2 Å². The van der Waals surface area contributed by atoms with Gasteiger partial charge in [0.2, 0.25) is 0 Å². The first-order chi connectivity index (χ1) is 9.15. The summed E-state index contributed by atoms with van der Waals surface area (Å²) in [5.74, 6) is 0. The first-order valence-corrected chi connectivity index (χ1v) is 6.89. The minimum atomic E-state index is 0.766. The highest BCUT2D eigenvalue weighted by atomic mass is 35.5. The van der Waals surface area contributed by atoms with Crippen molar-refractivity contribution in [1.82, 2.24) is 4.57 Å². The summed E-state index contributed by atoms with van der Waals surface area (Å²) in [5.41, 5.74) is 3.51. The number of rotatable bonds is 2. The second kappa shape index (κ2) is 4.92. The maximum atomic E-state index is 6.24. The van der Waals surface area contributed by atoms with Gasteiger partial charge in [0.1, 0.15) is 0 Å². The normalized spacial score (nSPS) is 11.1. The Hall–Kier alpha value is -1.44. The van der Waals surface area contributed by atoms with Crippen LogP contribution in [0, 0.1) is 6.92 Å². The molecule has 3 rings (SSSR count). The molecule has 0 unspecified atom stereocenters. The second-order valence-electron chi connectivity index (χ2n) is 4.67. The molecule has 0 saturated heterocycles. The summed E-state index contributed by atoms with van der Waals surface area (Å²) < 4.78 is 2.26. The first kappa shape index (κ1) is 12.6. The summed E-state index contributed by atoms with van der Waals surface area (Å²) in [6.07, 6.45) is 0. The van der Waals surface area contributed by atoms with Crippen molar-refractivity contribution in [1.29, 1.82) is 0 Å². The molecule has 1 heterocycles. The quantitative estimate of drug-likeness (QED) is 0.603. The number of fused-ring (bicyclic) bond motifs is 1. The molecule has 0 atom stereocenters. The third-order valence-corrected chi connectivity index (χ3v) is 3.96. The Morgan fingerprint density at radius 3 is 2.58 bits per heavy atom. The molecule has 0 spiro atoms. The van der Waals surface area contributed by atoms with Crippen molar-refractivity contribution >= 4 is 34.1 Å². The molecule has 0 aliphatic carbocycles. The molecular weight excluding hydrogens is 277 g/mol.